The second-order valence-electron chi connectivity index (χ2n) is 6.07. The minimum Gasteiger partial charge on any atom is -0.454 e. The standard InChI is InChI=1S/C19H16N2O2S/c1-2-12-4-5-14(8-13(12)3-1)16-10-24-19(21-16)20-15-6-7-17-18(9-15)23-11-22-17/h4-10H,1-3,11H2,(H,20,21). The highest BCUT2D eigenvalue weighted by Gasteiger charge is 2.15. The molecule has 0 amide bonds. The first-order chi connectivity index (χ1) is 11.8. The minimum absolute atomic E-state index is 0.290. The molecule has 0 saturated carbocycles. The maximum Gasteiger partial charge on any atom is 0.231 e. The van der Waals surface area contributed by atoms with Crippen molar-refractivity contribution in [3.05, 3.63) is 52.9 Å². The van der Waals surface area contributed by atoms with Crippen LogP contribution in [0.4, 0.5) is 10.8 Å². The fraction of sp³-hybridized carbons (Fsp3) is 0.211. The van der Waals surface area contributed by atoms with E-state index >= 15 is 0 Å². The summed E-state index contributed by atoms with van der Waals surface area (Å²) in [6.07, 6.45) is 3.67. The molecule has 24 heavy (non-hydrogen) atoms. The van der Waals surface area contributed by atoms with Crippen LogP contribution in [0.1, 0.15) is 17.5 Å². The van der Waals surface area contributed by atoms with E-state index in [1.807, 2.05) is 18.2 Å². The van der Waals surface area contributed by atoms with Crippen LogP contribution in [0.15, 0.2) is 41.8 Å². The van der Waals surface area contributed by atoms with E-state index < -0.39 is 0 Å². The molecule has 0 fully saturated rings. The van der Waals surface area contributed by atoms with E-state index in [0.29, 0.717) is 6.79 Å². The first-order valence-electron chi connectivity index (χ1n) is 8.09. The number of rotatable bonds is 3. The summed E-state index contributed by atoms with van der Waals surface area (Å²) in [6, 6.07) is 12.6. The van der Waals surface area contributed by atoms with Gasteiger partial charge >= 0.3 is 0 Å². The predicted octanol–water partition coefficient (Wildman–Crippen LogP) is 4.77. The number of nitrogens with zero attached hydrogens (tertiary/aromatic N) is 1. The average molecular weight is 336 g/mol. The van der Waals surface area contributed by atoms with Gasteiger partial charge in [0.15, 0.2) is 16.6 Å². The Balaban J connectivity index is 1.39. The zero-order valence-electron chi connectivity index (χ0n) is 13.0. The van der Waals surface area contributed by atoms with Gasteiger partial charge in [-0.2, -0.15) is 0 Å². The second-order valence-corrected chi connectivity index (χ2v) is 6.93. The van der Waals surface area contributed by atoms with Crippen molar-refractivity contribution in [2.24, 2.45) is 0 Å². The molecule has 0 spiro atoms. The van der Waals surface area contributed by atoms with Gasteiger partial charge in [-0.1, -0.05) is 12.1 Å². The number of thiazole rings is 1. The molecular formula is C19H16N2O2S. The van der Waals surface area contributed by atoms with Crippen LogP contribution in [-0.2, 0) is 12.8 Å². The van der Waals surface area contributed by atoms with E-state index in [-0.39, 0.29) is 0 Å². The van der Waals surface area contributed by atoms with Crippen LogP contribution in [0.3, 0.4) is 0 Å². The number of aromatic nitrogens is 1. The number of ether oxygens (including phenoxy) is 2. The van der Waals surface area contributed by atoms with E-state index in [0.717, 1.165) is 28.0 Å². The molecule has 5 heteroatoms. The number of hydrogen-bond donors (Lipinski definition) is 1. The Morgan fingerprint density at radius 2 is 1.88 bits per heavy atom. The summed E-state index contributed by atoms with van der Waals surface area (Å²) in [4.78, 5) is 4.73. The van der Waals surface area contributed by atoms with Crippen LogP contribution in [0.25, 0.3) is 11.3 Å². The second kappa shape index (κ2) is 5.53. The summed E-state index contributed by atoms with van der Waals surface area (Å²) < 4.78 is 10.8. The molecule has 120 valence electrons. The van der Waals surface area contributed by atoms with Crippen molar-refractivity contribution in [3.63, 3.8) is 0 Å². The molecule has 2 aromatic carbocycles. The summed E-state index contributed by atoms with van der Waals surface area (Å²) in [6.45, 7) is 0.290. The highest BCUT2D eigenvalue weighted by molar-refractivity contribution is 7.14. The first-order valence-corrected chi connectivity index (χ1v) is 8.97. The normalized spacial score (nSPS) is 14.7. The molecule has 0 saturated heterocycles. The Kier molecular flexibility index (Phi) is 3.19. The van der Waals surface area contributed by atoms with Gasteiger partial charge in [0.1, 0.15) is 0 Å². The maximum absolute atomic E-state index is 5.41. The molecule has 1 N–H and O–H groups in total. The van der Waals surface area contributed by atoms with Gasteiger partial charge in [0, 0.05) is 22.7 Å². The van der Waals surface area contributed by atoms with Crippen LogP contribution in [0.2, 0.25) is 0 Å². The molecule has 1 aliphatic heterocycles. The third-order valence-electron chi connectivity index (χ3n) is 4.52. The Morgan fingerprint density at radius 1 is 0.958 bits per heavy atom. The number of anilines is 2. The molecule has 1 aromatic heterocycles. The smallest absolute Gasteiger partial charge is 0.231 e. The maximum atomic E-state index is 5.41. The Bertz CT molecular complexity index is 919. The number of benzene rings is 2. The lowest BCUT2D eigenvalue weighted by Crippen LogP contribution is -1.93. The van der Waals surface area contributed by atoms with Gasteiger partial charge in [0.05, 0.1) is 5.69 Å². The molecule has 0 atom stereocenters. The van der Waals surface area contributed by atoms with Crippen molar-refractivity contribution < 1.29 is 9.47 Å². The fourth-order valence-corrected chi connectivity index (χ4v) is 4.03. The number of aryl methyl sites for hydroxylation is 2. The highest BCUT2D eigenvalue weighted by atomic mass is 32.1. The van der Waals surface area contributed by atoms with Crippen molar-refractivity contribution in [1.29, 1.82) is 0 Å². The predicted molar refractivity (Wildman–Crippen MR) is 95.4 cm³/mol. The van der Waals surface area contributed by atoms with Gasteiger partial charge in [-0.3, -0.25) is 0 Å². The quantitative estimate of drug-likeness (QED) is 0.748. The van der Waals surface area contributed by atoms with E-state index in [2.05, 4.69) is 28.9 Å². The number of hydrogen-bond acceptors (Lipinski definition) is 5. The average Bonchev–Trinajstić information content (AvgIpc) is 3.34. The van der Waals surface area contributed by atoms with Crippen LogP contribution >= 0.6 is 11.3 Å². The molecule has 5 rings (SSSR count). The van der Waals surface area contributed by atoms with E-state index in [4.69, 9.17) is 14.5 Å². The Labute approximate surface area is 144 Å². The van der Waals surface area contributed by atoms with Crippen molar-refractivity contribution in [1.82, 2.24) is 4.98 Å². The molecule has 0 unspecified atom stereocenters. The van der Waals surface area contributed by atoms with Gasteiger partial charge < -0.3 is 14.8 Å². The van der Waals surface area contributed by atoms with E-state index in [9.17, 15) is 0 Å². The van der Waals surface area contributed by atoms with Crippen molar-refractivity contribution >= 4 is 22.2 Å². The van der Waals surface area contributed by atoms with Crippen molar-refractivity contribution in [2.75, 3.05) is 12.1 Å². The lowest BCUT2D eigenvalue weighted by molar-refractivity contribution is 0.174. The summed E-state index contributed by atoms with van der Waals surface area (Å²) in [7, 11) is 0. The summed E-state index contributed by atoms with van der Waals surface area (Å²) in [5.74, 6) is 1.56. The van der Waals surface area contributed by atoms with Crippen LogP contribution in [-0.4, -0.2) is 11.8 Å². The fourth-order valence-electron chi connectivity index (χ4n) is 3.29. The Morgan fingerprint density at radius 3 is 2.88 bits per heavy atom. The van der Waals surface area contributed by atoms with Crippen molar-refractivity contribution in [3.8, 4) is 22.8 Å². The summed E-state index contributed by atoms with van der Waals surface area (Å²) in [5.41, 5.74) is 6.15. The third-order valence-corrected chi connectivity index (χ3v) is 5.28. The molecule has 2 heterocycles. The molecular weight excluding hydrogens is 320 g/mol. The van der Waals surface area contributed by atoms with Gasteiger partial charge in [0.25, 0.3) is 0 Å². The topological polar surface area (TPSA) is 43.4 Å². The summed E-state index contributed by atoms with van der Waals surface area (Å²) in [5, 5.41) is 6.33. The zero-order valence-corrected chi connectivity index (χ0v) is 13.9. The summed E-state index contributed by atoms with van der Waals surface area (Å²) >= 11 is 1.61. The molecule has 1 aliphatic carbocycles. The van der Waals surface area contributed by atoms with Crippen LogP contribution in [0.5, 0.6) is 11.5 Å². The molecule has 0 radical (unpaired) electrons. The van der Waals surface area contributed by atoms with E-state index in [1.54, 1.807) is 11.3 Å². The first kappa shape index (κ1) is 13.9. The van der Waals surface area contributed by atoms with Crippen LogP contribution < -0.4 is 14.8 Å². The molecule has 0 bridgehead atoms. The van der Waals surface area contributed by atoms with Gasteiger partial charge in [-0.25, -0.2) is 4.98 Å². The van der Waals surface area contributed by atoms with Crippen molar-refractivity contribution in [2.45, 2.75) is 19.3 Å². The largest absolute Gasteiger partial charge is 0.454 e. The number of nitrogens with one attached hydrogen (secondary N) is 1. The minimum atomic E-state index is 0.290. The lowest BCUT2D eigenvalue weighted by Gasteiger charge is -2.04. The third kappa shape index (κ3) is 2.41. The van der Waals surface area contributed by atoms with E-state index in [1.165, 1.54) is 36.0 Å². The highest BCUT2D eigenvalue weighted by Crippen LogP contribution is 2.36. The zero-order chi connectivity index (χ0) is 15.9. The SMILES string of the molecule is c1cc2c(cc1Nc1nc(-c3ccc4c(c3)CCC4)cs1)OCO2. The Hall–Kier alpha value is -2.53. The van der Waals surface area contributed by atoms with Gasteiger partial charge in [-0.05, 0) is 48.6 Å². The molecule has 3 aromatic rings. The molecule has 4 nitrogen and oxygen atoms in total. The lowest BCUT2D eigenvalue weighted by atomic mass is 10.1. The van der Waals surface area contributed by atoms with Crippen LogP contribution in [0, 0.1) is 0 Å². The van der Waals surface area contributed by atoms with Gasteiger partial charge in [-0.15, -0.1) is 11.3 Å². The number of fused-ring (bicyclic) bond motifs is 2. The monoisotopic (exact) mass is 336 g/mol. The van der Waals surface area contributed by atoms with Gasteiger partial charge in [0.2, 0.25) is 6.79 Å². The molecule has 2 aliphatic rings.